The van der Waals surface area contributed by atoms with Crippen molar-refractivity contribution >= 4 is 5.91 Å². The van der Waals surface area contributed by atoms with Crippen LogP contribution in [0.25, 0.3) is 0 Å². The van der Waals surface area contributed by atoms with Crippen molar-refractivity contribution in [3.05, 3.63) is 35.9 Å². The quantitative estimate of drug-likeness (QED) is 0.917. The maximum atomic E-state index is 12.7. The molecule has 0 aromatic heterocycles. The van der Waals surface area contributed by atoms with Crippen molar-refractivity contribution in [1.29, 1.82) is 0 Å². The number of carbonyl (C=O) groups is 1. The van der Waals surface area contributed by atoms with Gasteiger partial charge in [0.15, 0.2) is 0 Å². The number of hydrogen-bond acceptors (Lipinski definition) is 2. The average molecular weight is 272 g/mol. The molecule has 1 saturated carbocycles. The third kappa shape index (κ3) is 2.24. The zero-order chi connectivity index (χ0) is 14.1. The Labute approximate surface area is 121 Å². The van der Waals surface area contributed by atoms with Crippen LogP contribution in [0.1, 0.15) is 51.3 Å². The van der Waals surface area contributed by atoms with Gasteiger partial charge in [-0.25, -0.2) is 0 Å². The predicted molar refractivity (Wildman–Crippen MR) is 80.0 cm³/mol. The van der Waals surface area contributed by atoms with Crippen LogP contribution in [0, 0.1) is 5.92 Å². The summed E-state index contributed by atoms with van der Waals surface area (Å²) in [6.07, 6.45) is 4.55. The Morgan fingerprint density at radius 2 is 2.00 bits per heavy atom. The molecule has 2 fully saturated rings. The summed E-state index contributed by atoms with van der Waals surface area (Å²) >= 11 is 0. The molecule has 1 heterocycles. The van der Waals surface area contributed by atoms with Crippen LogP contribution in [0.4, 0.5) is 0 Å². The van der Waals surface area contributed by atoms with E-state index in [-0.39, 0.29) is 12.2 Å². The van der Waals surface area contributed by atoms with Gasteiger partial charge in [-0.05, 0) is 30.7 Å². The van der Waals surface area contributed by atoms with E-state index in [1.165, 1.54) is 18.4 Å². The van der Waals surface area contributed by atoms with Gasteiger partial charge in [0.1, 0.15) is 6.17 Å². The van der Waals surface area contributed by atoms with Gasteiger partial charge in [-0.15, -0.1) is 0 Å². The molecule has 0 radical (unpaired) electrons. The summed E-state index contributed by atoms with van der Waals surface area (Å²) < 4.78 is 0. The summed E-state index contributed by atoms with van der Waals surface area (Å²) in [6, 6.07) is 10.8. The largest absolute Gasteiger partial charge is 0.318 e. The SMILES string of the molecule is CCC1NC(c2ccccc2)N(C2CCCC2C)C1=O. The molecular weight excluding hydrogens is 248 g/mol. The van der Waals surface area contributed by atoms with E-state index in [2.05, 4.69) is 48.3 Å². The number of nitrogens with one attached hydrogen (secondary N) is 1. The van der Waals surface area contributed by atoms with Crippen LogP contribution >= 0.6 is 0 Å². The highest BCUT2D eigenvalue weighted by Gasteiger charge is 2.44. The Morgan fingerprint density at radius 1 is 1.25 bits per heavy atom. The van der Waals surface area contributed by atoms with Crippen molar-refractivity contribution in [3.63, 3.8) is 0 Å². The van der Waals surface area contributed by atoms with E-state index in [9.17, 15) is 4.79 Å². The molecule has 1 N–H and O–H groups in total. The maximum absolute atomic E-state index is 12.7. The van der Waals surface area contributed by atoms with Crippen LogP contribution in [-0.2, 0) is 4.79 Å². The van der Waals surface area contributed by atoms with Crippen LogP contribution in [0.3, 0.4) is 0 Å². The first-order valence-electron chi connectivity index (χ1n) is 7.85. The molecule has 2 aliphatic rings. The Morgan fingerprint density at radius 3 is 2.60 bits per heavy atom. The number of benzene rings is 1. The van der Waals surface area contributed by atoms with Gasteiger partial charge in [0, 0.05) is 6.04 Å². The summed E-state index contributed by atoms with van der Waals surface area (Å²) in [6.45, 7) is 4.37. The standard InChI is InChI=1S/C17H24N2O/c1-3-14-17(20)19(15-11-7-8-12(15)2)16(18-14)13-9-5-4-6-10-13/h4-6,9-10,12,14-16,18H,3,7-8,11H2,1-2H3. The van der Waals surface area contributed by atoms with Crippen molar-refractivity contribution in [2.45, 2.75) is 57.8 Å². The lowest BCUT2D eigenvalue weighted by molar-refractivity contribution is -0.133. The van der Waals surface area contributed by atoms with Crippen molar-refractivity contribution in [3.8, 4) is 0 Å². The van der Waals surface area contributed by atoms with Gasteiger partial charge < -0.3 is 4.90 Å². The monoisotopic (exact) mass is 272 g/mol. The first-order valence-corrected chi connectivity index (χ1v) is 7.85. The molecule has 1 aliphatic carbocycles. The molecule has 3 rings (SSSR count). The lowest BCUT2D eigenvalue weighted by Crippen LogP contribution is -2.41. The van der Waals surface area contributed by atoms with Crippen molar-refractivity contribution in [2.24, 2.45) is 5.92 Å². The minimum Gasteiger partial charge on any atom is -0.318 e. The molecule has 108 valence electrons. The molecule has 4 atom stereocenters. The molecule has 20 heavy (non-hydrogen) atoms. The Hall–Kier alpha value is -1.35. The second kappa shape index (κ2) is 5.57. The summed E-state index contributed by atoms with van der Waals surface area (Å²) in [5.41, 5.74) is 1.20. The van der Waals surface area contributed by atoms with Gasteiger partial charge in [-0.2, -0.15) is 0 Å². The molecule has 0 spiro atoms. The summed E-state index contributed by atoms with van der Waals surface area (Å²) in [5.74, 6) is 0.905. The topological polar surface area (TPSA) is 32.3 Å². The number of hydrogen-bond donors (Lipinski definition) is 1. The normalized spacial score (nSPS) is 33.9. The Kier molecular flexibility index (Phi) is 3.79. The zero-order valence-electron chi connectivity index (χ0n) is 12.4. The summed E-state index contributed by atoms with van der Waals surface area (Å²) in [7, 11) is 0. The van der Waals surface area contributed by atoms with Gasteiger partial charge in [-0.3, -0.25) is 10.1 Å². The maximum Gasteiger partial charge on any atom is 0.241 e. The molecule has 3 nitrogen and oxygen atoms in total. The molecule has 4 unspecified atom stereocenters. The van der Waals surface area contributed by atoms with E-state index < -0.39 is 0 Å². The molecular formula is C17H24N2O. The molecule has 1 aliphatic heterocycles. The van der Waals surface area contributed by atoms with Gasteiger partial charge in [0.25, 0.3) is 0 Å². The lowest BCUT2D eigenvalue weighted by Gasteiger charge is -2.33. The number of nitrogens with zero attached hydrogens (tertiary/aromatic N) is 1. The van der Waals surface area contributed by atoms with Crippen molar-refractivity contribution < 1.29 is 4.79 Å². The first kappa shape index (κ1) is 13.6. The number of rotatable bonds is 3. The fourth-order valence-corrected chi connectivity index (χ4v) is 3.73. The van der Waals surface area contributed by atoms with E-state index in [0.29, 0.717) is 17.9 Å². The van der Waals surface area contributed by atoms with Gasteiger partial charge in [0.05, 0.1) is 6.04 Å². The van der Waals surface area contributed by atoms with Gasteiger partial charge >= 0.3 is 0 Å². The second-order valence-corrected chi connectivity index (χ2v) is 6.16. The zero-order valence-corrected chi connectivity index (χ0v) is 12.4. The van der Waals surface area contributed by atoms with E-state index in [4.69, 9.17) is 0 Å². The van der Waals surface area contributed by atoms with Crippen molar-refractivity contribution in [2.75, 3.05) is 0 Å². The molecule has 1 amide bonds. The summed E-state index contributed by atoms with van der Waals surface area (Å²) in [5, 5.41) is 3.53. The highest BCUT2D eigenvalue weighted by atomic mass is 16.2. The number of carbonyl (C=O) groups excluding carboxylic acids is 1. The van der Waals surface area contributed by atoms with Crippen LogP contribution in [0.5, 0.6) is 0 Å². The first-order chi connectivity index (χ1) is 9.72. The van der Waals surface area contributed by atoms with Crippen LogP contribution in [0.2, 0.25) is 0 Å². The highest BCUT2D eigenvalue weighted by Crippen LogP contribution is 2.37. The third-order valence-electron chi connectivity index (χ3n) is 4.89. The Bertz CT molecular complexity index is 473. The fraction of sp³-hybridized carbons (Fsp3) is 0.588. The highest BCUT2D eigenvalue weighted by molar-refractivity contribution is 5.85. The minimum atomic E-state index is -0.0204. The van der Waals surface area contributed by atoms with Crippen LogP contribution < -0.4 is 5.32 Å². The van der Waals surface area contributed by atoms with Gasteiger partial charge in [-0.1, -0.05) is 50.6 Å². The van der Waals surface area contributed by atoms with E-state index in [0.717, 1.165) is 12.8 Å². The van der Waals surface area contributed by atoms with Gasteiger partial charge in [0.2, 0.25) is 5.91 Å². The Balaban J connectivity index is 1.92. The minimum absolute atomic E-state index is 0.0204. The molecule has 1 aromatic carbocycles. The molecule has 3 heteroatoms. The second-order valence-electron chi connectivity index (χ2n) is 6.16. The van der Waals surface area contributed by atoms with E-state index in [1.54, 1.807) is 0 Å². The fourth-order valence-electron chi connectivity index (χ4n) is 3.73. The van der Waals surface area contributed by atoms with Crippen molar-refractivity contribution in [1.82, 2.24) is 10.2 Å². The molecule has 1 saturated heterocycles. The molecule has 0 bridgehead atoms. The smallest absolute Gasteiger partial charge is 0.241 e. The average Bonchev–Trinajstić information content (AvgIpc) is 3.03. The number of amides is 1. The predicted octanol–water partition coefficient (Wildman–Crippen LogP) is 3.08. The van der Waals surface area contributed by atoms with Crippen LogP contribution in [0.15, 0.2) is 30.3 Å². The van der Waals surface area contributed by atoms with Crippen LogP contribution in [-0.4, -0.2) is 22.9 Å². The van der Waals surface area contributed by atoms with E-state index >= 15 is 0 Å². The summed E-state index contributed by atoms with van der Waals surface area (Å²) in [4.78, 5) is 14.9. The van der Waals surface area contributed by atoms with E-state index in [1.807, 2.05) is 6.07 Å². The lowest BCUT2D eigenvalue weighted by atomic mass is 10.0. The molecule has 1 aromatic rings. The third-order valence-corrected chi connectivity index (χ3v) is 4.89.